The number of benzene rings is 1. The first kappa shape index (κ1) is 24.7. The lowest BCUT2D eigenvalue weighted by molar-refractivity contribution is 0.428. The fourth-order valence-corrected chi connectivity index (χ4v) is 4.45. The van der Waals surface area contributed by atoms with Gasteiger partial charge in [-0.25, -0.2) is 9.97 Å². The maximum absolute atomic E-state index is 13.2. The first-order chi connectivity index (χ1) is 17.9. The van der Waals surface area contributed by atoms with Gasteiger partial charge in [0.05, 0.1) is 27.5 Å². The van der Waals surface area contributed by atoms with Gasteiger partial charge in [-0.2, -0.15) is 4.98 Å². The molecule has 3 N–H and O–H groups in total. The molecule has 0 aliphatic rings. The van der Waals surface area contributed by atoms with Crippen LogP contribution in [0, 0.1) is 0 Å². The molecule has 5 rings (SSSR count). The Bertz CT molecular complexity index is 1660. The SMILES string of the molecule is CCn1ccc(Oc2ncc(Nc3ncc4cc(-c5c(Cl)cccc5Cl)c(=O)n(C)c4n3)cc2CN)n1. The topological polar surface area (TPSA) is 126 Å². The van der Waals surface area contributed by atoms with Gasteiger partial charge in [-0.05, 0) is 31.2 Å². The minimum Gasteiger partial charge on any atom is -0.419 e. The van der Waals surface area contributed by atoms with Crippen molar-refractivity contribution in [2.24, 2.45) is 12.8 Å². The van der Waals surface area contributed by atoms with Crippen LogP contribution in [0.5, 0.6) is 11.8 Å². The lowest BCUT2D eigenvalue weighted by Gasteiger charge is -2.13. The van der Waals surface area contributed by atoms with E-state index in [0.29, 0.717) is 55.2 Å². The Labute approximate surface area is 221 Å². The molecule has 0 bridgehead atoms. The van der Waals surface area contributed by atoms with Crippen LogP contribution in [0.15, 0.2) is 59.8 Å². The van der Waals surface area contributed by atoms with Gasteiger partial charge in [-0.3, -0.25) is 14.0 Å². The van der Waals surface area contributed by atoms with Gasteiger partial charge in [-0.15, -0.1) is 5.10 Å². The molecule has 188 valence electrons. The van der Waals surface area contributed by atoms with Crippen molar-refractivity contribution in [1.82, 2.24) is 29.3 Å². The smallest absolute Gasteiger partial charge is 0.259 e. The van der Waals surface area contributed by atoms with Crippen LogP contribution in [0.3, 0.4) is 0 Å². The summed E-state index contributed by atoms with van der Waals surface area (Å²) in [7, 11) is 1.63. The predicted molar refractivity (Wildman–Crippen MR) is 144 cm³/mol. The van der Waals surface area contributed by atoms with E-state index in [-0.39, 0.29) is 18.1 Å². The fraction of sp³-hybridized carbons (Fsp3) is 0.160. The third-order valence-corrected chi connectivity index (χ3v) is 6.35. The maximum atomic E-state index is 13.2. The van der Waals surface area contributed by atoms with Gasteiger partial charge in [0.25, 0.3) is 5.56 Å². The number of nitrogens with one attached hydrogen (secondary N) is 1. The van der Waals surface area contributed by atoms with Crippen molar-refractivity contribution in [3.05, 3.63) is 81.0 Å². The van der Waals surface area contributed by atoms with E-state index in [1.165, 1.54) is 4.57 Å². The number of halogens is 2. The Morgan fingerprint density at radius 3 is 2.59 bits per heavy atom. The number of ether oxygens (including phenoxy) is 1. The van der Waals surface area contributed by atoms with E-state index in [1.54, 1.807) is 60.5 Å². The molecule has 1 aromatic carbocycles. The number of aryl methyl sites for hydroxylation is 2. The van der Waals surface area contributed by atoms with E-state index in [9.17, 15) is 4.79 Å². The van der Waals surface area contributed by atoms with E-state index in [4.69, 9.17) is 33.7 Å². The van der Waals surface area contributed by atoms with Crippen LogP contribution in [0.25, 0.3) is 22.2 Å². The van der Waals surface area contributed by atoms with Gasteiger partial charge in [0, 0.05) is 55.1 Å². The normalized spacial score (nSPS) is 11.2. The molecule has 0 atom stereocenters. The first-order valence-electron chi connectivity index (χ1n) is 11.4. The maximum Gasteiger partial charge on any atom is 0.259 e. The van der Waals surface area contributed by atoms with Crippen LogP contribution < -0.4 is 21.3 Å². The first-order valence-corrected chi connectivity index (χ1v) is 12.1. The molecular formula is C25H22Cl2N8O2. The van der Waals surface area contributed by atoms with Gasteiger partial charge in [-0.1, -0.05) is 29.3 Å². The molecule has 0 saturated heterocycles. The van der Waals surface area contributed by atoms with E-state index < -0.39 is 0 Å². The lowest BCUT2D eigenvalue weighted by atomic mass is 10.1. The number of hydrogen-bond donors (Lipinski definition) is 2. The summed E-state index contributed by atoms with van der Waals surface area (Å²) in [6.07, 6.45) is 5.03. The Kier molecular flexibility index (Phi) is 6.79. The van der Waals surface area contributed by atoms with Gasteiger partial charge in [0.2, 0.25) is 17.7 Å². The zero-order valence-electron chi connectivity index (χ0n) is 19.9. The lowest BCUT2D eigenvalue weighted by Crippen LogP contribution is -2.20. The molecule has 0 radical (unpaired) electrons. The number of aromatic nitrogens is 6. The van der Waals surface area contributed by atoms with Crippen molar-refractivity contribution >= 4 is 45.9 Å². The molecule has 37 heavy (non-hydrogen) atoms. The molecule has 0 amide bonds. The summed E-state index contributed by atoms with van der Waals surface area (Å²) in [6, 6.07) is 10.4. The summed E-state index contributed by atoms with van der Waals surface area (Å²) in [4.78, 5) is 26.5. The van der Waals surface area contributed by atoms with Gasteiger partial charge >= 0.3 is 0 Å². The van der Waals surface area contributed by atoms with Crippen LogP contribution >= 0.6 is 23.2 Å². The zero-order valence-corrected chi connectivity index (χ0v) is 21.5. The quantitative estimate of drug-likeness (QED) is 0.300. The standard InChI is InChI=1S/C25H22Cl2N8O2/c1-3-35-8-7-20(33-35)37-23-14(11-28)9-16(13-29-23)31-25-30-12-15-10-17(24(36)34(2)22(15)32-25)21-18(26)5-4-6-19(21)27/h4-10,12-13H,3,11,28H2,1-2H3,(H,30,31,32). The molecule has 0 spiro atoms. The number of nitrogens with two attached hydrogens (primary N) is 1. The van der Waals surface area contributed by atoms with E-state index in [0.717, 1.165) is 6.54 Å². The van der Waals surface area contributed by atoms with E-state index >= 15 is 0 Å². The van der Waals surface area contributed by atoms with Crippen molar-refractivity contribution in [2.45, 2.75) is 20.0 Å². The van der Waals surface area contributed by atoms with Gasteiger partial charge in [0.1, 0.15) is 5.65 Å². The Morgan fingerprint density at radius 1 is 1.11 bits per heavy atom. The van der Waals surface area contributed by atoms with E-state index in [1.807, 2.05) is 13.1 Å². The van der Waals surface area contributed by atoms with Crippen LogP contribution in [0.2, 0.25) is 10.0 Å². The second-order valence-corrected chi connectivity index (χ2v) is 8.93. The van der Waals surface area contributed by atoms with Crippen molar-refractivity contribution in [1.29, 1.82) is 0 Å². The molecule has 4 heterocycles. The van der Waals surface area contributed by atoms with Crippen LogP contribution in [0.1, 0.15) is 12.5 Å². The number of rotatable bonds is 7. The molecule has 4 aromatic heterocycles. The molecule has 10 nitrogen and oxygen atoms in total. The average molecular weight is 537 g/mol. The average Bonchev–Trinajstić information content (AvgIpc) is 3.35. The number of anilines is 2. The highest BCUT2D eigenvalue weighted by atomic mass is 35.5. The summed E-state index contributed by atoms with van der Waals surface area (Å²) in [5.74, 6) is 1.08. The molecule has 0 unspecified atom stereocenters. The van der Waals surface area contributed by atoms with E-state index in [2.05, 4.69) is 25.4 Å². The minimum atomic E-state index is -0.286. The summed E-state index contributed by atoms with van der Waals surface area (Å²) < 4.78 is 8.99. The zero-order chi connectivity index (χ0) is 26.1. The number of hydrogen-bond acceptors (Lipinski definition) is 8. The minimum absolute atomic E-state index is 0.201. The highest BCUT2D eigenvalue weighted by Gasteiger charge is 2.16. The van der Waals surface area contributed by atoms with Gasteiger partial charge < -0.3 is 15.8 Å². The monoisotopic (exact) mass is 536 g/mol. The summed E-state index contributed by atoms with van der Waals surface area (Å²) in [6.45, 7) is 2.92. The fourth-order valence-electron chi connectivity index (χ4n) is 3.85. The summed E-state index contributed by atoms with van der Waals surface area (Å²) in [5.41, 5.74) is 8.20. The van der Waals surface area contributed by atoms with Crippen LogP contribution in [-0.2, 0) is 20.1 Å². The van der Waals surface area contributed by atoms with Crippen molar-refractivity contribution in [3.8, 4) is 22.9 Å². The number of nitrogens with zero attached hydrogens (tertiary/aromatic N) is 6. The number of fused-ring (bicyclic) bond motifs is 1. The summed E-state index contributed by atoms with van der Waals surface area (Å²) in [5, 5.41) is 8.84. The van der Waals surface area contributed by atoms with Crippen molar-refractivity contribution in [3.63, 3.8) is 0 Å². The predicted octanol–water partition coefficient (Wildman–Crippen LogP) is 4.91. The molecule has 0 aliphatic heterocycles. The Hall–Kier alpha value is -3.99. The Balaban J connectivity index is 1.45. The second-order valence-electron chi connectivity index (χ2n) is 8.12. The molecule has 0 aliphatic carbocycles. The van der Waals surface area contributed by atoms with Gasteiger partial charge in [0.15, 0.2) is 0 Å². The molecule has 0 fully saturated rings. The molecular weight excluding hydrogens is 515 g/mol. The van der Waals surface area contributed by atoms with Crippen molar-refractivity contribution in [2.75, 3.05) is 5.32 Å². The summed E-state index contributed by atoms with van der Waals surface area (Å²) >= 11 is 12.7. The second kappa shape index (κ2) is 10.2. The van der Waals surface area contributed by atoms with Crippen molar-refractivity contribution < 1.29 is 4.74 Å². The van der Waals surface area contributed by atoms with Crippen LogP contribution in [0.4, 0.5) is 11.6 Å². The third kappa shape index (κ3) is 4.86. The molecule has 5 aromatic rings. The highest BCUT2D eigenvalue weighted by Crippen LogP contribution is 2.34. The largest absolute Gasteiger partial charge is 0.419 e. The number of pyridine rings is 2. The van der Waals surface area contributed by atoms with Crippen LogP contribution in [-0.4, -0.2) is 29.3 Å². The molecule has 0 saturated carbocycles. The highest BCUT2D eigenvalue weighted by molar-refractivity contribution is 6.39. The third-order valence-electron chi connectivity index (χ3n) is 5.72. The molecule has 12 heteroatoms. The Morgan fingerprint density at radius 2 is 1.89 bits per heavy atom.